The highest BCUT2D eigenvalue weighted by atomic mass is 16.5. The topological polar surface area (TPSA) is 91.1 Å². The molecule has 2 heterocycles. The molecule has 3 aromatic rings. The number of aromatic nitrogens is 2. The molecule has 7 heteroatoms. The van der Waals surface area contributed by atoms with Crippen LogP contribution in [0.3, 0.4) is 0 Å². The normalized spacial score (nSPS) is 16.5. The van der Waals surface area contributed by atoms with E-state index in [1.54, 1.807) is 6.20 Å². The van der Waals surface area contributed by atoms with Gasteiger partial charge in [-0.3, -0.25) is 5.10 Å². The lowest BCUT2D eigenvalue weighted by Gasteiger charge is -2.33. The van der Waals surface area contributed by atoms with Gasteiger partial charge in [0, 0.05) is 5.39 Å². The van der Waals surface area contributed by atoms with Crippen molar-refractivity contribution in [3.63, 3.8) is 0 Å². The van der Waals surface area contributed by atoms with Crippen molar-refractivity contribution in [3.05, 3.63) is 48.7 Å². The number of carbonyl (C=O) groups excluding carboxylic acids is 1. The first-order valence-electron chi connectivity index (χ1n) is 9.73. The van der Waals surface area contributed by atoms with Crippen molar-refractivity contribution in [2.24, 2.45) is 0 Å². The van der Waals surface area contributed by atoms with Gasteiger partial charge in [0.2, 0.25) is 0 Å². The highest BCUT2D eigenvalue weighted by molar-refractivity contribution is 6.00. The van der Waals surface area contributed by atoms with E-state index in [4.69, 9.17) is 4.74 Å². The molecule has 0 saturated carbocycles. The van der Waals surface area contributed by atoms with Crippen molar-refractivity contribution >= 4 is 28.3 Å². The van der Waals surface area contributed by atoms with Crippen LogP contribution in [0.25, 0.3) is 10.9 Å². The zero-order chi connectivity index (χ0) is 19.3. The minimum Gasteiger partial charge on any atom is -0.484 e. The maximum atomic E-state index is 12.7. The molecule has 4 rings (SSSR count). The molecule has 0 fully saturated rings. The average molecular weight is 379 g/mol. The largest absolute Gasteiger partial charge is 0.484 e. The van der Waals surface area contributed by atoms with E-state index in [1.807, 2.05) is 42.5 Å². The first kappa shape index (κ1) is 18.2. The zero-order valence-electron chi connectivity index (χ0n) is 15.9. The van der Waals surface area contributed by atoms with E-state index in [-0.39, 0.29) is 18.2 Å². The SMILES string of the molecule is CCCCC(NC(=O)Nc1cccc2[nH]ncc12)C1CNc2ccccc2O1. The molecular formula is C21H25N5O2. The van der Waals surface area contributed by atoms with Crippen molar-refractivity contribution in [3.8, 4) is 5.75 Å². The van der Waals surface area contributed by atoms with E-state index >= 15 is 0 Å². The summed E-state index contributed by atoms with van der Waals surface area (Å²) in [6.45, 7) is 2.80. The fourth-order valence-corrected chi connectivity index (χ4v) is 3.53. The van der Waals surface area contributed by atoms with E-state index in [9.17, 15) is 4.79 Å². The number of aromatic amines is 1. The van der Waals surface area contributed by atoms with E-state index in [2.05, 4.69) is 33.1 Å². The Kier molecular flexibility index (Phi) is 5.32. The van der Waals surface area contributed by atoms with Crippen LogP contribution in [0.2, 0.25) is 0 Å². The van der Waals surface area contributed by atoms with Crippen LogP contribution < -0.4 is 20.7 Å². The van der Waals surface area contributed by atoms with Crippen molar-refractivity contribution < 1.29 is 9.53 Å². The molecule has 2 atom stereocenters. The van der Waals surface area contributed by atoms with Crippen LogP contribution in [0.1, 0.15) is 26.2 Å². The number of rotatable bonds is 6. The first-order valence-corrected chi connectivity index (χ1v) is 9.73. The number of nitrogens with zero attached hydrogens (tertiary/aromatic N) is 1. The summed E-state index contributed by atoms with van der Waals surface area (Å²) in [5.41, 5.74) is 2.60. The fraction of sp³-hybridized carbons (Fsp3) is 0.333. The number of carbonyl (C=O) groups is 1. The third-order valence-corrected chi connectivity index (χ3v) is 5.03. The molecule has 0 spiro atoms. The molecule has 2 aromatic carbocycles. The van der Waals surface area contributed by atoms with Gasteiger partial charge < -0.3 is 20.7 Å². The van der Waals surface area contributed by atoms with Crippen LogP contribution in [0.4, 0.5) is 16.2 Å². The van der Waals surface area contributed by atoms with E-state index < -0.39 is 0 Å². The molecule has 4 N–H and O–H groups in total. The maximum Gasteiger partial charge on any atom is 0.319 e. The number of benzene rings is 2. The van der Waals surface area contributed by atoms with Crippen molar-refractivity contribution in [2.45, 2.75) is 38.3 Å². The first-order chi connectivity index (χ1) is 13.7. The molecule has 2 amide bonds. The Hall–Kier alpha value is -3.22. The van der Waals surface area contributed by atoms with Gasteiger partial charge in [-0.2, -0.15) is 5.10 Å². The Morgan fingerprint density at radius 2 is 2.18 bits per heavy atom. The third-order valence-electron chi connectivity index (χ3n) is 5.03. The zero-order valence-corrected chi connectivity index (χ0v) is 15.9. The van der Waals surface area contributed by atoms with Gasteiger partial charge in [0.15, 0.2) is 0 Å². The highest BCUT2D eigenvalue weighted by Gasteiger charge is 2.28. The molecule has 0 bridgehead atoms. The van der Waals surface area contributed by atoms with Gasteiger partial charge in [0.1, 0.15) is 11.9 Å². The number of unbranched alkanes of at least 4 members (excludes halogenated alkanes) is 1. The van der Waals surface area contributed by atoms with Gasteiger partial charge in [-0.05, 0) is 30.7 Å². The summed E-state index contributed by atoms with van der Waals surface area (Å²) in [6, 6.07) is 13.2. The molecule has 0 radical (unpaired) electrons. The van der Waals surface area contributed by atoms with Crippen LogP contribution in [-0.2, 0) is 0 Å². The highest BCUT2D eigenvalue weighted by Crippen LogP contribution is 2.30. The third kappa shape index (κ3) is 3.88. The summed E-state index contributed by atoms with van der Waals surface area (Å²) in [5.74, 6) is 0.825. The van der Waals surface area contributed by atoms with Crippen molar-refractivity contribution in [1.82, 2.24) is 15.5 Å². The molecule has 0 aliphatic carbocycles. The lowest BCUT2D eigenvalue weighted by atomic mass is 10.0. The second-order valence-corrected chi connectivity index (χ2v) is 7.02. The monoisotopic (exact) mass is 379 g/mol. The van der Waals surface area contributed by atoms with Crippen LogP contribution >= 0.6 is 0 Å². The summed E-state index contributed by atoms with van der Waals surface area (Å²) >= 11 is 0. The molecule has 146 valence electrons. The lowest BCUT2D eigenvalue weighted by Crippen LogP contribution is -2.51. The van der Waals surface area contributed by atoms with Crippen molar-refractivity contribution in [2.75, 3.05) is 17.2 Å². The predicted molar refractivity (Wildman–Crippen MR) is 111 cm³/mol. The minimum atomic E-state index is -0.239. The molecule has 7 nitrogen and oxygen atoms in total. The Morgan fingerprint density at radius 1 is 1.29 bits per heavy atom. The van der Waals surface area contributed by atoms with Gasteiger partial charge >= 0.3 is 6.03 Å². The van der Waals surface area contributed by atoms with Gasteiger partial charge in [-0.15, -0.1) is 0 Å². The second kappa shape index (κ2) is 8.21. The Morgan fingerprint density at radius 3 is 3.07 bits per heavy atom. The smallest absolute Gasteiger partial charge is 0.319 e. The van der Waals surface area contributed by atoms with Gasteiger partial charge in [0.05, 0.1) is 35.7 Å². The number of amides is 2. The molecule has 1 aliphatic rings. The van der Waals surface area contributed by atoms with Crippen LogP contribution in [0.5, 0.6) is 5.75 Å². The summed E-state index contributed by atoms with van der Waals surface area (Å²) in [7, 11) is 0. The van der Waals surface area contributed by atoms with Crippen molar-refractivity contribution in [1.29, 1.82) is 0 Å². The molecular weight excluding hydrogens is 354 g/mol. The quantitative estimate of drug-likeness (QED) is 0.519. The van der Waals surface area contributed by atoms with Crippen LogP contribution in [0.15, 0.2) is 48.7 Å². The van der Waals surface area contributed by atoms with Gasteiger partial charge in [-0.25, -0.2) is 4.79 Å². The number of H-pyrrole nitrogens is 1. The predicted octanol–water partition coefficient (Wildman–Crippen LogP) is 4.12. The minimum absolute atomic E-state index is 0.0932. The number of urea groups is 1. The molecule has 1 aromatic heterocycles. The molecule has 2 unspecified atom stereocenters. The van der Waals surface area contributed by atoms with E-state index in [1.165, 1.54) is 0 Å². The summed E-state index contributed by atoms with van der Waals surface area (Å²) in [5, 5.41) is 17.3. The van der Waals surface area contributed by atoms with Gasteiger partial charge in [0.25, 0.3) is 0 Å². The van der Waals surface area contributed by atoms with Crippen LogP contribution in [0, 0.1) is 0 Å². The maximum absolute atomic E-state index is 12.7. The Balaban J connectivity index is 1.46. The number of hydrogen-bond donors (Lipinski definition) is 4. The number of nitrogens with one attached hydrogen (secondary N) is 4. The summed E-state index contributed by atoms with van der Waals surface area (Å²) in [6.07, 6.45) is 4.52. The molecule has 28 heavy (non-hydrogen) atoms. The Labute approximate surface area is 163 Å². The van der Waals surface area contributed by atoms with Crippen LogP contribution in [-0.4, -0.2) is 34.9 Å². The number of anilines is 2. The molecule has 1 aliphatic heterocycles. The Bertz CT molecular complexity index is 955. The summed E-state index contributed by atoms with van der Waals surface area (Å²) in [4.78, 5) is 12.7. The number of para-hydroxylation sites is 2. The second-order valence-electron chi connectivity index (χ2n) is 7.02. The van der Waals surface area contributed by atoms with E-state index in [0.29, 0.717) is 6.54 Å². The number of hydrogen-bond acceptors (Lipinski definition) is 4. The van der Waals surface area contributed by atoms with Gasteiger partial charge in [-0.1, -0.05) is 38.0 Å². The number of ether oxygens (including phenoxy) is 1. The number of fused-ring (bicyclic) bond motifs is 2. The van der Waals surface area contributed by atoms with E-state index in [0.717, 1.165) is 47.3 Å². The lowest BCUT2D eigenvalue weighted by molar-refractivity contribution is 0.152. The molecule has 0 saturated heterocycles. The average Bonchev–Trinajstić information content (AvgIpc) is 3.20. The fourth-order valence-electron chi connectivity index (χ4n) is 3.53. The summed E-state index contributed by atoms with van der Waals surface area (Å²) < 4.78 is 6.18. The standard InChI is InChI=1S/C21H25N5O2/c1-2-3-7-18(20-13-22-17-8-4-5-11-19(17)28-20)25-21(27)24-15-9-6-10-16-14(15)12-23-26-16/h4-6,8-12,18,20,22H,2-3,7,13H2,1H3,(H,23,26)(H2,24,25,27).